The Bertz CT molecular complexity index is 618. The molecule has 2 rings (SSSR count). The molecular weight excluding hydrogens is 270 g/mol. The number of carboxylic acid groups (broad SMARTS) is 1. The third-order valence-corrected chi connectivity index (χ3v) is 3.64. The Labute approximate surface area is 122 Å². The zero-order chi connectivity index (χ0) is 15.6. The molecule has 0 radical (unpaired) electrons. The second-order valence-corrected chi connectivity index (χ2v) is 5.09. The van der Waals surface area contributed by atoms with E-state index in [1.165, 1.54) is 11.8 Å². The lowest BCUT2D eigenvalue weighted by molar-refractivity contribution is -0.306. The predicted molar refractivity (Wildman–Crippen MR) is 73.5 cm³/mol. The van der Waals surface area contributed by atoms with Crippen LogP contribution in [0.2, 0.25) is 0 Å². The van der Waals surface area contributed by atoms with Crippen molar-refractivity contribution in [1.29, 1.82) is 0 Å². The van der Waals surface area contributed by atoms with Crippen molar-refractivity contribution in [3.05, 3.63) is 47.2 Å². The Kier molecular flexibility index (Phi) is 4.21. The van der Waals surface area contributed by atoms with Crippen LogP contribution in [0, 0.1) is 5.92 Å². The first-order valence-corrected chi connectivity index (χ1v) is 6.68. The van der Waals surface area contributed by atoms with Crippen LogP contribution >= 0.6 is 0 Å². The van der Waals surface area contributed by atoms with Gasteiger partial charge in [-0.3, -0.25) is 9.59 Å². The number of hydrogen-bond donors (Lipinski definition) is 0. The monoisotopic (exact) mass is 286 g/mol. The summed E-state index contributed by atoms with van der Waals surface area (Å²) in [7, 11) is 0. The summed E-state index contributed by atoms with van der Waals surface area (Å²) in [5.74, 6) is -2.90. The van der Waals surface area contributed by atoms with Gasteiger partial charge < -0.3 is 14.8 Å². The van der Waals surface area contributed by atoms with Gasteiger partial charge in [-0.2, -0.15) is 0 Å². The quantitative estimate of drug-likeness (QED) is 0.796. The summed E-state index contributed by atoms with van der Waals surface area (Å²) in [5, 5.41) is 10.8. The number of carbonyl (C=O) groups excluding carboxylic acids is 3. The highest BCUT2D eigenvalue weighted by Crippen LogP contribution is 2.33. The normalized spacial score (nSPS) is 18.3. The Morgan fingerprint density at radius 3 is 2.38 bits per heavy atom. The zero-order valence-electron chi connectivity index (χ0n) is 12.0. The Hall–Kier alpha value is -2.43. The average molecular weight is 286 g/mol. The van der Waals surface area contributed by atoms with Crippen LogP contribution in [-0.4, -0.2) is 22.6 Å². The molecule has 0 N–H and O–H groups in total. The fraction of sp³-hybridized carbons (Fsp3) is 0.312. The number of carboxylic acids is 1. The number of ketones is 1. The third-order valence-electron chi connectivity index (χ3n) is 3.64. The van der Waals surface area contributed by atoms with E-state index in [-0.39, 0.29) is 17.3 Å². The molecule has 0 saturated carbocycles. The highest BCUT2D eigenvalue weighted by Gasteiger charge is 2.39. The maximum atomic E-state index is 12.4. The van der Waals surface area contributed by atoms with Crippen molar-refractivity contribution in [2.45, 2.75) is 26.8 Å². The molecule has 1 heterocycles. The minimum absolute atomic E-state index is 0.275. The van der Waals surface area contributed by atoms with E-state index in [0.717, 1.165) is 5.56 Å². The van der Waals surface area contributed by atoms with Crippen molar-refractivity contribution in [1.82, 2.24) is 4.90 Å². The van der Waals surface area contributed by atoms with Gasteiger partial charge in [0.1, 0.15) is 0 Å². The molecule has 0 aliphatic carbocycles. The largest absolute Gasteiger partial charge is 0.550 e. The van der Waals surface area contributed by atoms with Crippen molar-refractivity contribution in [2.24, 2.45) is 5.92 Å². The first-order valence-electron chi connectivity index (χ1n) is 6.68. The second-order valence-electron chi connectivity index (χ2n) is 5.09. The number of amides is 1. The molecule has 1 aliphatic rings. The van der Waals surface area contributed by atoms with Crippen molar-refractivity contribution < 1.29 is 19.5 Å². The van der Waals surface area contributed by atoms with E-state index in [1.54, 1.807) is 6.92 Å². The van der Waals surface area contributed by atoms with E-state index in [0.29, 0.717) is 12.2 Å². The molecular formula is C16H16NO4-. The van der Waals surface area contributed by atoms with Gasteiger partial charge in [-0.1, -0.05) is 30.3 Å². The van der Waals surface area contributed by atoms with Crippen LogP contribution in [0.25, 0.3) is 0 Å². The van der Waals surface area contributed by atoms with Gasteiger partial charge in [0.25, 0.3) is 0 Å². The number of allylic oxidation sites excluding steroid dienone is 1. The molecule has 0 aromatic heterocycles. The molecule has 5 nitrogen and oxygen atoms in total. The minimum atomic E-state index is -1.33. The van der Waals surface area contributed by atoms with E-state index >= 15 is 0 Å². The Morgan fingerprint density at radius 1 is 1.24 bits per heavy atom. The molecule has 0 saturated heterocycles. The van der Waals surface area contributed by atoms with Gasteiger partial charge in [0.2, 0.25) is 5.91 Å². The van der Waals surface area contributed by atoms with Crippen LogP contribution in [-0.2, 0) is 20.9 Å². The lowest BCUT2D eigenvalue weighted by Crippen LogP contribution is -2.33. The van der Waals surface area contributed by atoms with Crippen molar-refractivity contribution in [3.63, 3.8) is 0 Å². The standard InChI is InChI=1S/C16H17NO4/c1-10-15(11(2)18)13(8-14(19)20)16(21)17(10)9-12-6-4-3-5-7-12/h3-7,13H,8-9H2,1-2H3,(H,19,20)/p-1. The molecule has 5 heteroatoms. The maximum absolute atomic E-state index is 12.4. The maximum Gasteiger partial charge on any atom is 0.235 e. The molecule has 1 aromatic carbocycles. The van der Waals surface area contributed by atoms with Gasteiger partial charge in [-0.25, -0.2) is 0 Å². The summed E-state index contributed by atoms with van der Waals surface area (Å²) in [5.41, 5.74) is 1.73. The minimum Gasteiger partial charge on any atom is -0.550 e. The van der Waals surface area contributed by atoms with Crippen molar-refractivity contribution in [3.8, 4) is 0 Å². The smallest absolute Gasteiger partial charge is 0.235 e. The molecule has 21 heavy (non-hydrogen) atoms. The Morgan fingerprint density at radius 2 is 1.86 bits per heavy atom. The summed E-state index contributed by atoms with van der Waals surface area (Å²) in [6.07, 6.45) is -0.462. The molecule has 1 aliphatic heterocycles. The van der Waals surface area contributed by atoms with Gasteiger partial charge in [0.15, 0.2) is 5.78 Å². The van der Waals surface area contributed by atoms with Crippen LogP contribution in [0.15, 0.2) is 41.6 Å². The molecule has 1 unspecified atom stereocenters. The first kappa shape index (κ1) is 15.0. The average Bonchev–Trinajstić information content (AvgIpc) is 2.64. The van der Waals surface area contributed by atoms with E-state index < -0.39 is 18.3 Å². The lowest BCUT2D eigenvalue weighted by atomic mass is 9.94. The number of Topliss-reactive ketones (excluding diaryl/α,β-unsaturated/α-hetero) is 1. The lowest BCUT2D eigenvalue weighted by Gasteiger charge is -2.19. The summed E-state index contributed by atoms with van der Waals surface area (Å²) in [4.78, 5) is 36.5. The molecule has 1 aromatic rings. The van der Waals surface area contributed by atoms with Crippen molar-refractivity contribution in [2.75, 3.05) is 0 Å². The summed E-state index contributed by atoms with van der Waals surface area (Å²) in [6, 6.07) is 9.34. The van der Waals surface area contributed by atoms with Crippen LogP contribution in [0.3, 0.4) is 0 Å². The topological polar surface area (TPSA) is 77.5 Å². The SMILES string of the molecule is CC(=O)C1=C(C)N(Cc2ccccc2)C(=O)C1CC(=O)[O-]. The van der Waals surface area contributed by atoms with E-state index in [2.05, 4.69) is 0 Å². The number of carbonyl (C=O) groups is 3. The zero-order valence-corrected chi connectivity index (χ0v) is 12.0. The fourth-order valence-electron chi connectivity index (χ4n) is 2.69. The van der Waals surface area contributed by atoms with Crippen molar-refractivity contribution >= 4 is 17.7 Å². The van der Waals surface area contributed by atoms with Crippen LogP contribution < -0.4 is 5.11 Å². The molecule has 0 fully saturated rings. The van der Waals surface area contributed by atoms with Crippen LogP contribution in [0.5, 0.6) is 0 Å². The van der Waals surface area contributed by atoms with Gasteiger partial charge >= 0.3 is 0 Å². The van der Waals surface area contributed by atoms with Gasteiger partial charge in [-0.05, 0) is 19.4 Å². The van der Waals surface area contributed by atoms with Crippen LogP contribution in [0.4, 0.5) is 0 Å². The highest BCUT2D eigenvalue weighted by molar-refractivity contribution is 6.05. The fourth-order valence-corrected chi connectivity index (χ4v) is 2.69. The predicted octanol–water partition coefficient (Wildman–Crippen LogP) is 0.648. The third kappa shape index (κ3) is 3.02. The van der Waals surface area contributed by atoms with E-state index in [4.69, 9.17) is 0 Å². The summed E-state index contributed by atoms with van der Waals surface area (Å²) in [6.45, 7) is 3.35. The summed E-state index contributed by atoms with van der Waals surface area (Å²) >= 11 is 0. The van der Waals surface area contributed by atoms with E-state index in [9.17, 15) is 19.5 Å². The van der Waals surface area contributed by atoms with Crippen LogP contribution in [0.1, 0.15) is 25.8 Å². The second kappa shape index (κ2) is 5.91. The number of benzene rings is 1. The molecule has 0 bridgehead atoms. The molecule has 1 atom stereocenters. The summed E-state index contributed by atoms with van der Waals surface area (Å²) < 4.78 is 0. The van der Waals surface area contributed by atoms with Gasteiger partial charge in [-0.15, -0.1) is 0 Å². The van der Waals surface area contributed by atoms with Gasteiger partial charge in [0.05, 0.1) is 12.5 Å². The molecule has 110 valence electrons. The Balaban J connectivity index is 2.32. The molecule has 0 spiro atoms. The highest BCUT2D eigenvalue weighted by atomic mass is 16.4. The number of rotatable bonds is 5. The van der Waals surface area contributed by atoms with E-state index in [1.807, 2.05) is 30.3 Å². The molecule has 1 amide bonds. The van der Waals surface area contributed by atoms with Gasteiger partial charge in [0, 0.05) is 23.7 Å². The number of hydrogen-bond acceptors (Lipinski definition) is 4. The first-order chi connectivity index (χ1) is 9.91. The number of aliphatic carboxylic acids is 1. The number of nitrogens with zero attached hydrogens (tertiary/aromatic N) is 1.